The smallest absolute Gasteiger partial charge is 0.264 e. The number of ether oxygens (including phenoxy) is 1. The molecule has 4 aromatic carbocycles. The standard InChI is InChI=1S/C35H36Cl3N3O5S/c1-24(2)21-39-35(43)33(19-25-8-5-4-6-9-25)40(22-26-12-17-31(37)32(38)18-26)34(42)23-41(28-11-7-10-27(36)20-28)47(44,45)30-15-13-29(46-3)14-16-30/h4-18,20,24,33H,19,21-23H2,1-3H3,(H,39,43)/t33-/m1/s1. The number of sulfonamides is 1. The SMILES string of the molecule is COc1ccc(S(=O)(=O)N(CC(=O)N(Cc2ccc(Cl)c(Cl)c2)[C@H](Cc2ccccc2)C(=O)NCC(C)C)c2cccc(Cl)c2)cc1. The minimum atomic E-state index is -4.30. The van der Waals surface area contributed by atoms with Crippen LogP contribution >= 0.6 is 34.8 Å². The number of benzene rings is 4. The first-order valence-electron chi connectivity index (χ1n) is 14.9. The molecule has 1 atom stereocenters. The third-order valence-corrected chi connectivity index (χ3v) is 10.1. The molecule has 47 heavy (non-hydrogen) atoms. The number of methoxy groups -OCH3 is 1. The molecule has 0 radical (unpaired) electrons. The van der Waals surface area contributed by atoms with Gasteiger partial charge in [-0.05, 0) is 71.6 Å². The van der Waals surface area contributed by atoms with Crippen LogP contribution in [0.4, 0.5) is 5.69 Å². The Morgan fingerprint density at radius 2 is 1.53 bits per heavy atom. The fourth-order valence-electron chi connectivity index (χ4n) is 4.85. The van der Waals surface area contributed by atoms with Gasteiger partial charge in [0.05, 0.1) is 27.7 Å². The molecule has 0 heterocycles. The third kappa shape index (κ3) is 9.64. The Hall–Kier alpha value is -3.76. The lowest BCUT2D eigenvalue weighted by Gasteiger charge is -2.34. The van der Waals surface area contributed by atoms with E-state index in [2.05, 4.69) is 5.32 Å². The highest BCUT2D eigenvalue weighted by atomic mass is 35.5. The van der Waals surface area contributed by atoms with Gasteiger partial charge in [0, 0.05) is 24.5 Å². The molecule has 2 amide bonds. The first-order valence-corrected chi connectivity index (χ1v) is 17.4. The van der Waals surface area contributed by atoms with E-state index in [0.29, 0.717) is 22.9 Å². The molecule has 0 saturated carbocycles. The molecule has 1 N–H and O–H groups in total. The van der Waals surface area contributed by atoms with E-state index >= 15 is 0 Å². The molecule has 0 aromatic heterocycles. The maximum absolute atomic E-state index is 14.5. The van der Waals surface area contributed by atoms with Crippen LogP contribution < -0.4 is 14.4 Å². The number of hydrogen-bond acceptors (Lipinski definition) is 5. The van der Waals surface area contributed by atoms with Crippen LogP contribution in [0.15, 0.2) is 102 Å². The van der Waals surface area contributed by atoms with Crippen LogP contribution in [0.1, 0.15) is 25.0 Å². The van der Waals surface area contributed by atoms with Gasteiger partial charge in [-0.15, -0.1) is 0 Å². The second kappa shape index (κ2) is 16.4. The number of halogens is 3. The lowest BCUT2D eigenvalue weighted by molar-refractivity contribution is -0.140. The summed E-state index contributed by atoms with van der Waals surface area (Å²) in [6.07, 6.45) is 0.181. The van der Waals surface area contributed by atoms with E-state index in [1.54, 1.807) is 36.4 Å². The summed E-state index contributed by atoms with van der Waals surface area (Å²) in [5.74, 6) is -0.362. The summed E-state index contributed by atoms with van der Waals surface area (Å²) in [6.45, 7) is 3.66. The first-order chi connectivity index (χ1) is 22.4. The third-order valence-electron chi connectivity index (χ3n) is 7.32. The molecule has 0 aliphatic heterocycles. The predicted molar refractivity (Wildman–Crippen MR) is 188 cm³/mol. The summed E-state index contributed by atoms with van der Waals surface area (Å²) >= 11 is 18.8. The second-order valence-electron chi connectivity index (χ2n) is 11.3. The van der Waals surface area contributed by atoms with Crippen molar-refractivity contribution in [3.63, 3.8) is 0 Å². The molecule has 8 nitrogen and oxygen atoms in total. The number of hydrogen-bond donors (Lipinski definition) is 1. The van der Waals surface area contributed by atoms with Crippen molar-refractivity contribution in [2.75, 3.05) is 24.5 Å². The van der Waals surface area contributed by atoms with Crippen LogP contribution in [0.5, 0.6) is 5.75 Å². The van der Waals surface area contributed by atoms with Gasteiger partial charge in [0.15, 0.2) is 0 Å². The number of amides is 2. The van der Waals surface area contributed by atoms with E-state index in [4.69, 9.17) is 39.5 Å². The Morgan fingerprint density at radius 3 is 2.15 bits per heavy atom. The summed E-state index contributed by atoms with van der Waals surface area (Å²) in [4.78, 5) is 29.8. The van der Waals surface area contributed by atoms with Gasteiger partial charge < -0.3 is 15.0 Å². The summed E-state index contributed by atoms with van der Waals surface area (Å²) in [5, 5.41) is 3.86. The van der Waals surface area contributed by atoms with Crippen LogP contribution in [0.2, 0.25) is 15.1 Å². The molecule has 4 rings (SSSR count). The van der Waals surface area contributed by atoms with Crippen molar-refractivity contribution in [1.82, 2.24) is 10.2 Å². The summed E-state index contributed by atoms with van der Waals surface area (Å²) in [7, 11) is -2.83. The second-order valence-corrected chi connectivity index (χ2v) is 14.4. The van der Waals surface area contributed by atoms with Crippen molar-refractivity contribution < 1.29 is 22.7 Å². The van der Waals surface area contributed by atoms with Crippen LogP contribution in [-0.2, 0) is 32.6 Å². The molecule has 0 aliphatic carbocycles. The van der Waals surface area contributed by atoms with Gasteiger partial charge in [-0.3, -0.25) is 13.9 Å². The lowest BCUT2D eigenvalue weighted by Crippen LogP contribution is -2.53. The average molecular weight is 717 g/mol. The van der Waals surface area contributed by atoms with E-state index < -0.39 is 28.5 Å². The van der Waals surface area contributed by atoms with Crippen molar-refractivity contribution in [3.05, 3.63) is 123 Å². The van der Waals surface area contributed by atoms with Gasteiger partial charge in [-0.1, -0.05) is 91.1 Å². The van der Waals surface area contributed by atoms with E-state index in [1.807, 2.05) is 44.2 Å². The highest BCUT2D eigenvalue weighted by Gasteiger charge is 2.35. The Morgan fingerprint density at radius 1 is 0.830 bits per heavy atom. The summed E-state index contributed by atoms with van der Waals surface area (Å²) < 4.78 is 34.5. The Balaban J connectivity index is 1.81. The van der Waals surface area contributed by atoms with Crippen LogP contribution in [0, 0.1) is 5.92 Å². The van der Waals surface area contributed by atoms with Gasteiger partial charge in [-0.2, -0.15) is 0 Å². The first kappa shape index (κ1) is 36.1. The van der Waals surface area contributed by atoms with Crippen molar-refractivity contribution >= 4 is 62.3 Å². The maximum atomic E-state index is 14.5. The fourth-order valence-corrected chi connectivity index (χ4v) is 6.76. The molecule has 0 aliphatic rings. The van der Waals surface area contributed by atoms with Gasteiger partial charge in [0.2, 0.25) is 11.8 Å². The van der Waals surface area contributed by atoms with Gasteiger partial charge in [0.1, 0.15) is 18.3 Å². The van der Waals surface area contributed by atoms with Crippen molar-refractivity contribution in [2.45, 2.75) is 37.8 Å². The largest absolute Gasteiger partial charge is 0.497 e. The van der Waals surface area contributed by atoms with E-state index in [9.17, 15) is 18.0 Å². The monoisotopic (exact) mass is 715 g/mol. The van der Waals surface area contributed by atoms with E-state index in [-0.39, 0.29) is 45.4 Å². The molecule has 4 aromatic rings. The normalized spacial score (nSPS) is 12.0. The van der Waals surface area contributed by atoms with Crippen molar-refractivity contribution in [3.8, 4) is 5.75 Å². The molecule has 12 heteroatoms. The quantitative estimate of drug-likeness (QED) is 0.148. The zero-order chi connectivity index (χ0) is 34.1. The highest BCUT2D eigenvalue weighted by molar-refractivity contribution is 7.92. The fraction of sp³-hybridized carbons (Fsp3) is 0.257. The summed E-state index contributed by atoms with van der Waals surface area (Å²) in [6, 6.07) is 25.4. The topological polar surface area (TPSA) is 96.0 Å². The number of carbonyl (C=O) groups is 2. The number of nitrogens with one attached hydrogen (secondary N) is 1. The number of rotatable bonds is 14. The predicted octanol–water partition coefficient (Wildman–Crippen LogP) is 7.26. The Bertz CT molecular complexity index is 1790. The van der Waals surface area contributed by atoms with E-state index in [1.165, 1.54) is 42.3 Å². The molecular formula is C35H36Cl3N3O5S. The zero-order valence-electron chi connectivity index (χ0n) is 26.2. The van der Waals surface area contributed by atoms with E-state index in [0.717, 1.165) is 9.87 Å². The zero-order valence-corrected chi connectivity index (χ0v) is 29.3. The maximum Gasteiger partial charge on any atom is 0.264 e. The average Bonchev–Trinajstić information content (AvgIpc) is 3.06. The lowest BCUT2D eigenvalue weighted by atomic mass is 10.0. The molecule has 0 spiro atoms. The minimum Gasteiger partial charge on any atom is -0.497 e. The molecule has 0 saturated heterocycles. The molecule has 0 fully saturated rings. The molecule has 0 unspecified atom stereocenters. The highest BCUT2D eigenvalue weighted by Crippen LogP contribution is 2.29. The Labute approximate surface area is 291 Å². The van der Waals surface area contributed by atoms with Crippen molar-refractivity contribution in [1.29, 1.82) is 0 Å². The van der Waals surface area contributed by atoms with Crippen LogP contribution in [-0.4, -0.2) is 51.4 Å². The van der Waals surface area contributed by atoms with Gasteiger partial charge in [-0.25, -0.2) is 8.42 Å². The molecule has 248 valence electrons. The number of anilines is 1. The molecule has 0 bridgehead atoms. The number of carbonyl (C=O) groups excluding carboxylic acids is 2. The van der Waals surface area contributed by atoms with Gasteiger partial charge in [0.25, 0.3) is 10.0 Å². The number of nitrogens with zero attached hydrogens (tertiary/aromatic N) is 2. The Kier molecular flexibility index (Phi) is 12.6. The van der Waals surface area contributed by atoms with Crippen molar-refractivity contribution in [2.24, 2.45) is 5.92 Å². The van der Waals surface area contributed by atoms with Gasteiger partial charge >= 0.3 is 0 Å². The minimum absolute atomic E-state index is 0.0473. The van der Waals surface area contributed by atoms with Crippen LogP contribution in [0.25, 0.3) is 0 Å². The summed E-state index contributed by atoms with van der Waals surface area (Å²) in [5.41, 5.74) is 1.61. The van der Waals surface area contributed by atoms with Crippen LogP contribution in [0.3, 0.4) is 0 Å². The molecular weight excluding hydrogens is 681 g/mol.